The summed E-state index contributed by atoms with van der Waals surface area (Å²) >= 11 is 0. The third-order valence-electron chi connectivity index (χ3n) is 6.51. The molecule has 1 aromatic rings. The van der Waals surface area contributed by atoms with E-state index in [2.05, 4.69) is 50.8 Å². The maximum atomic E-state index is 10.1. The van der Waals surface area contributed by atoms with Crippen molar-refractivity contribution in [3.05, 3.63) is 47.0 Å². The predicted molar refractivity (Wildman–Crippen MR) is 112 cm³/mol. The summed E-state index contributed by atoms with van der Waals surface area (Å²) in [5.74, 6) is -1.03. The van der Waals surface area contributed by atoms with E-state index in [1.807, 2.05) is 30.3 Å². The van der Waals surface area contributed by atoms with Crippen LogP contribution < -0.4 is 0 Å². The third-order valence-corrected chi connectivity index (χ3v) is 6.51. The van der Waals surface area contributed by atoms with E-state index in [1.165, 1.54) is 5.56 Å². The van der Waals surface area contributed by atoms with Crippen LogP contribution in [0.4, 0.5) is 0 Å². The average Bonchev–Trinajstić information content (AvgIpc) is 2.72. The van der Waals surface area contributed by atoms with Crippen LogP contribution in [0.25, 0.3) is 0 Å². The van der Waals surface area contributed by atoms with Crippen LogP contribution in [-0.4, -0.2) is 29.7 Å². The third kappa shape index (κ3) is 3.25. The van der Waals surface area contributed by atoms with E-state index < -0.39 is 17.3 Å². The molecular weight excluding hydrogens is 358 g/mol. The molecule has 2 aliphatic rings. The van der Waals surface area contributed by atoms with Gasteiger partial charge in [0.2, 0.25) is 0 Å². The van der Waals surface area contributed by atoms with Gasteiger partial charge in [-0.15, -0.1) is 0 Å². The van der Waals surface area contributed by atoms with E-state index in [-0.39, 0.29) is 11.6 Å². The first-order valence-corrected chi connectivity index (χ1v) is 10.2. The minimum Gasteiger partial charge on any atom is -0.305 e. The number of benzene rings is 1. The van der Waals surface area contributed by atoms with Crippen molar-refractivity contribution in [1.29, 1.82) is 21.2 Å². The van der Waals surface area contributed by atoms with Gasteiger partial charge < -0.3 is 5.41 Å². The number of nitrogens with zero attached hydrogens (tertiary/aromatic N) is 4. The molecule has 148 valence electrons. The Kier molecular flexibility index (Phi) is 5.61. The van der Waals surface area contributed by atoms with Crippen molar-refractivity contribution >= 4 is 5.71 Å². The van der Waals surface area contributed by atoms with Crippen molar-refractivity contribution in [3.8, 4) is 18.2 Å². The van der Waals surface area contributed by atoms with E-state index in [9.17, 15) is 15.8 Å². The lowest BCUT2D eigenvalue weighted by Gasteiger charge is -2.48. The maximum Gasteiger partial charge on any atom is 0.189 e. The van der Waals surface area contributed by atoms with Crippen LogP contribution in [0.3, 0.4) is 0 Å². The van der Waals surface area contributed by atoms with Crippen molar-refractivity contribution in [2.75, 3.05) is 13.1 Å². The van der Waals surface area contributed by atoms with Gasteiger partial charge in [-0.1, -0.05) is 44.2 Å². The van der Waals surface area contributed by atoms with E-state index in [4.69, 9.17) is 5.41 Å². The highest BCUT2D eigenvalue weighted by molar-refractivity contribution is 6.00. The van der Waals surface area contributed by atoms with Gasteiger partial charge in [-0.05, 0) is 36.5 Å². The van der Waals surface area contributed by atoms with Gasteiger partial charge in [0.25, 0.3) is 0 Å². The standard InChI is InChI=1S/C24H27N5/c1-15(2)17-5-7-18(8-6-17)22-21-12-29(16(3)4)10-9-19(21)20(11-25)23(28)24(22,13-26)14-27/h5-9,15-16,20-22,28H,10,12H2,1-4H3/t20-,21-,22-/m0/s1. The smallest absolute Gasteiger partial charge is 0.189 e. The molecule has 0 bridgehead atoms. The Morgan fingerprint density at radius 2 is 1.69 bits per heavy atom. The number of nitrogens with one attached hydrogen (secondary N) is 1. The first kappa shape index (κ1) is 20.8. The summed E-state index contributed by atoms with van der Waals surface area (Å²) in [7, 11) is 0. The summed E-state index contributed by atoms with van der Waals surface area (Å²) in [5, 5.41) is 38.7. The quantitative estimate of drug-likeness (QED) is 0.781. The molecule has 0 amide bonds. The van der Waals surface area contributed by atoms with Crippen molar-refractivity contribution in [1.82, 2.24) is 4.90 Å². The van der Waals surface area contributed by atoms with Gasteiger partial charge in [0.05, 0.1) is 23.9 Å². The zero-order valence-electron chi connectivity index (χ0n) is 17.5. The van der Waals surface area contributed by atoms with Gasteiger partial charge in [0.15, 0.2) is 5.41 Å². The molecule has 1 heterocycles. The first-order valence-electron chi connectivity index (χ1n) is 10.2. The van der Waals surface area contributed by atoms with Crippen molar-refractivity contribution in [2.45, 2.75) is 45.6 Å². The Labute approximate surface area is 173 Å². The summed E-state index contributed by atoms with van der Waals surface area (Å²) in [4.78, 5) is 2.30. The monoisotopic (exact) mass is 385 g/mol. The molecule has 0 saturated heterocycles. The van der Waals surface area contributed by atoms with Crippen LogP contribution in [0.15, 0.2) is 35.9 Å². The van der Waals surface area contributed by atoms with Crippen LogP contribution in [-0.2, 0) is 0 Å². The van der Waals surface area contributed by atoms with Gasteiger partial charge >= 0.3 is 0 Å². The van der Waals surface area contributed by atoms with Crippen molar-refractivity contribution in [2.24, 2.45) is 17.3 Å². The van der Waals surface area contributed by atoms with Gasteiger partial charge in [-0.25, -0.2) is 0 Å². The molecule has 29 heavy (non-hydrogen) atoms. The molecule has 1 saturated carbocycles. The molecule has 1 N–H and O–H groups in total. The zero-order chi connectivity index (χ0) is 21.3. The van der Waals surface area contributed by atoms with Crippen molar-refractivity contribution < 1.29 is 0 Å². The number of fused-ring (bicyclic) bond motifs is 1. The number of nitriles is 3. The summed E-state index contributed by atoms with van der Waals surface area (Å²) in [6.45, 7) is 9.90. The Bertz CT molecular complexity index is 935. The summed E-state index contributed by atoms with van der Waals surface area (Å²) in [6, 6.07) is 14.9. The second-order valence-electron chi connectivity index (χ2n) is 8.66. The highest BCUT2D eigenvalue weighted by atomic mass is 15.2. The maximum absolute atomic E-state index is 10.1. The summed E-state index contributed by atoms with van der Waals surface area (Å²) in [6.07, 6.45) is 2.05. The van der Waals surface area contributed by atoms with E-state index >= 15 is 0 Å². The molecule has 5 heteroatoms. The minimum absolute atomic E-state index is 0.0802. The molecule has 3 atom stereocenters. The molecular formula is C24H27N5. The van der Waals surface area contributed by atoms with Crippen LogP contribution in [0.2, 0.25) is 0 Å². The summed E-state index contributed by atoms with van der Waals surface area (Å²) < 4.78 is 0. The molecule has 0 spiro atoms. The van der Waals surface area contributed by atoms with E-state index in [0.29, 0.717) is 18.5 Å². The van der Waals surface area contributed by atoms with Gasteiger partial charge in [-0.3, -0.25) is 4.90 Å². The number of rotatable bonds is 3. The second-order valence-corrected chi connectivity index (χ2v) is 8.66. The average molecular weight is 386 g/mol. The van der Waals surface area contributed by atoms with Crippen LogP contribution in [0.5, 0.6) is 0 Å². The Hall–Kier alpha value is -2.94. The molecule has 1 aliphatic carbocycles. The largest absolute Gasteiger partial charge is 0.305 e. The lowest BCUT2D eigenvalue weighted by Crippen LogP contribution is -2.53. The van der Waals surface area contributed by atoms with Gasteiger partial charge in [-0.2, -0.15) is 15.8 Å². The number of hydrogen-bond donors (Lipinski definition) is 1. The van der Waals surface area contributed by atoms with Gasteiger partial charge in [0, 0.05) is 31.0 Å². The first-order chi connectivity index (χ1) is 13.8. The van der Waals surface area contributed by atoms with Crippen LogP contribution in [0.1, 0.15) is 50.7 Å². The second kappa shape index (κ2) is 7.82. The van der Waals surface area contributed by atoms with Crippen LogP contribution in [0, 0.1) is 56.7 Å². The van der Waals surface area contributed by atoms with Gasteiger partial charge in [0.1, 0.15) is 5.92 Å². The fourth-order valence-corrected chi connectivity index (χ4v) is 4.72. The normalized spacial score (nSPS) is 26.2. The fraction of sp³-hybridized carbons (Fsp3) is 0.500. The highest BCUT2D eigenvalue weighted by Crippen LogP contribution is 2.53. The molecule has 0 radical (unpaired) electrons. The Morgan fingerprint density at radius 1 is 1.07 bits per heavy atom. The van der Waals surface area contributed by atoms with Crippen LogP contribution >= 0.6 is 0 Å². The minimum atomic E-state index is -1.64. The van der Waals surface area contributed by atoms with Crippen molar-refractivity contribution in [3.63, 3.8) is 0 Å². The predicted octanol–water partition coefficient (Wildman–Crippen LogP) is 4.37. The lowest BCUT2D eigenvalue weighted by atomic mass is 9.54. The zero-order valence-corrected chi connectivity index (χ0v) is 17.5. The lowest BCUT2D eigenvalue weighted by molar-refractivity contribution is 0.171. The number of hydrogen-bond acceptors (Lipinski definition) is 5. The molecule has 0 unspecified atom stereocenters. The fourth-order valence-electron chi connectivity index (χ4n) is 4.72. The Morgan fingerprint density at radius 3 is 2.17 bits per heavy atom. The highest BCUT2D eigenvalue weighted by Gasteiger charge is 2.57. The molecule has 1 fully saturated rings. The molecule has 5 nitrogen and oxygen atoms in total. The molecule has 1 aromatic carbocycles. The SMILES string of the molecule is CC(C)c1ccc([C@H]2[C@H]3CN(C(C)C)CC=C3[C@H](C#N)C(=N)C2(C#N)C#N)cc1. The molecule has 0 aromatic heterocycles. The topological polar surface area (TPSA) is 98.5 Å². The van der Waals surface area contributed by atoms with E-state index in [0.717, 1.165) is 17.7 Å². The summed E-state index contributed by atoms with van der Waals surface area (Å²) in [5.41, 5.74) is 1.26. The molecule has 1 aliphatic heterocycles. The Balaban J connectivity index is 2.20. The van der Waals surface area contributed by atoms with E-state index in [1.54, 1.807) is 0 Å². The molecule has 3 rings (SSSR count).